The third kappa shape index (κ3) is 3.84. The third-order valence-electron chi connectivity index (χ3n) is 3.21. The number of pyridine rings is 1. The standard InChI is InChI=1S/C13H20N4OS/c1-9-6-12(17-14)11(8-15-9)13(18)16-7-10-4-2-3-5-19-10/h6,8,10H,2-5,7,14H2,1H3,(H,15,17)(H,16,18). The maximum Gasteiger partial charge on any atom is 0.255 e. The highest BCUT2D eigenvalue weighted by Gasteiger charge is 2.17. The number of aromatic nitrogens is 1. The summed E-state index contributed by atoms with van der Waals surface area (Å²) in [6, 6.07) is 1.77. The summed E-state index contributed by atoms with van der Waals surface area (Å²) in [7, 11) is 0. The van der Waals surface area contributed by atoms with Crippen LogP contribution in [0.15, 0.2) is 12.3 Å². The zero-order chi connectivity index (χ0) is 13.7. The highest BCUT2D eigenvalue weighted by atomic mass is 32.2. The van der Waals surface area contributed by atoms with Crippen molar-refractivity contribution in [2.45, 2.75) is 31.4 Å². The molecule has 2 rings (SSSR count). The highest BCUT2D eigenvalue weighted by molar-refractivity contribution is 7.99. The number of thioether (sulfide) groups is 1. The fourth-order valence-corrected chi connectivity index (χ4v) is 3.37. The van der Waals surface area contributed by atoms with E-state index in [1.165, 1.54) is 25.0 Å². The summed E-state index contributed by atoms with van der Waals surface area (Å²) in [5.74, 6) is 6.51. The van der Waals surface area contributed by atoms with Crippen LogP contribution in [0.3, 0.4) is 0 Å². The second-order valence-corrected chi connectivity index (χ2v) is 6.12. The highest BCUT2D eigenvalue weighted by Crippen LogP contribution is 2.24. The predicted octanol–water partition coefficient (Wildman–Crippen LogP) is 1.69. The van der Waals surface area contributed by atoms with E-state index < -0.39 is 0 Å². The van der Waals surface area contributed by atoms with Crippen molar-refractivity contribution in [3.05, 3.63) is 23.5 Å². The molecule has 0 bridgehead atoms. The number of nitrogens with one attached hydrogen (secondary N) is 2. The van der Waals surface area contributed by atoms with Crippen LogP contribution in [0.4, 0.5) is 5.69 Å². The molecule has 1 saturated heterocycles. The van der Waals surface area contributed by atoms with Crippen LogP contribution >= 0.6 is 11.8 Å². The zero-order valence-corrected chi connectivity index (χ0v) is 11.9. The number of amides is 1. The van der Waals surface area contributed by atoms with Gasteiger partial charge in [-0.2, -0.15) is 11.8 Å². The average Bonchev–Trinajstić information content (AvgIpc) is 2.45. The Morgan fingerprint density at radius 1 is 1.58 bits per heavy atom. The number of rotatable bonds is 4. The smallest absolute Gasteiger partial charge is 0.255 e. The third-order valence-corrected chi connectivity index (χ3v) is 4.60. The molecule has 0 spiro atoms. The largest absolute Gasteiger partial charge is 0.351 e. The van der Waals surface area contributed by atoms with Gasteiger partial charge < -0.3 is 10.7 Å². The number of carbonyl (C=O) groups excluding carboxylic acids is 1. The molecular weight excluding hydrogens is 260 g/mol. The molecule has 1 aromatic rings. The maximum atomic E-state index is 12.1. The van der Waals surface area contributed by atoms with Crippen LogP contribution in [0.25, 0.3) is 0 Å². The van der Waals surface area contributed by atoms with Crippen molar-refractivity contribution in [3.63, 3.8) is 0 Å². The number of nitrogens with two attached hydrogens (primary N) is 1. The number of aryl methyl sites for hydroxylation is 1. The van der Waals surface area contributed by atoms with Crippen LogP contribution < -0.4 is 16.6 Å². The minimum Gasteiger partial charge on any atom is -0.351 e. The Hall–Kier alpha value is -1.27. The minimum absolute atomic E-state index is 0.119. The van der Waals surface area contributed by atoms with E-state index >= 15 is 0 Å². The van der Waals surface area contributed by atoms with E-state index in [9.17, 15) is 4.79 Å². The van der Waals surface area contributed by atoms with Gasteiger partial charge in [0, 0.05) is 23.7 Å². The summed E-state index contributed by atoms with van der Waals surface area (Å²) in [6.45, 7) is 2.57. The second kappa shape index (κ2) is 6.77. The van der Waals surface area contributed by atoms with Gasteiger partial charge in [0.25, 0.3) is 5.91 Å². The molecule has 4 N–H and O–H groups in total. The molecule has 1 atom stereocenters. The Balaban J connectivity index is 1.95. The maximum absolute atomic E-state index is 12.1. The van der Waals surface area contributed by atoms with E-state index in [1.54, 1.807) is 12.3 Å². The van der Waals surface area contributed by atoms with E-state index in [2.05, 4.69) is 15.7 Å². The molecular formula is C13H20N4OS. The molecule has 2 heterocycles. The lowest BCUT2D eigenvalue weighted by molar-refractivity contribution is 0.0954. The first kappa shape index (κ1) is 14.1. The van der Waals surface area contributed by atoms with Crippen LogP contribution in [0, 0.1) is 6.92 Å². The van der Waals surface area contributed by atoms with Crippen molar-refractivity contribution in [2.75, 3.05) is 17.7 Å². The van der Waals surface area contributed by atoms with Crippen LogP contribution in [0.1, 0.15) is 35.3 Å². The number of hydrazine groups is 1. The average molecular weight is 280 g/mol. The van der Waals surface area contributed by atoms with Gasteiger partial charge in [-0.15, -0.1) is 0 Å². The Morgan fingerprint density at radius 3 is 3.11 bits per heavy atom. The molecule has 19 heavy (non-hydrogen) atoms. The molecule has 1 aromatic heterocycles. The molecule has 1 unspecified atom stereocenters. The van der Waals surface area contributed by atoms with E-state index in [4.69, 9.17) is 5.84 Å². The van der Waals surface area contributed by atoms with Gasteiger partial charge in [0.05, 0.1) is 11.3 Å². The number of hydrogen-bond donors (Lipinski definition) is 3. The van der Waals surface area contributed by atoms with Gasteiger partial charge in [-0.25, -0.2) is 0 Å². The lowest BCUT2D eigenvalue weighted by Crippen LogP contribution is -2.32. The van der Waals surface area contributed by atoms with Crippen LogP contribution in [0.2, 0.25) is 0 Å². The molecule has 1 aliphatic heterocycles. The second-order valence-electron chi connectivity index (χ2n) is 4.71. The molecule has 104 valence electrons. The summed E-state index contributed by atoms with van der Waals surface area (Å²) in [5.41, 5.74) is 4.48. The normalized spacial score (nSPS) is 18.9. The first-order chi connectivity index (χ1) is 9.20. The summed E-state index contributed by atoms with van der Waals surface area (Å²) >= 11 is 1.94. The molecule has 1 aliphatic rings. The van der Waals surface area contributed by atoms with Gasteiger partial charge >= 0.3 is 0 Å². The molecule has 1 amide bonds. The van der Waals surface area contributed by atoms with E-state index in [0.717, 1.165) is 5.69 Å². The van der Waals surface area contributed by atoms with Crippen molar-refractivity contribution in [3.8, 4) is 0 Å². The van der Waals surface area contributed by atoms with Gasteiger partial charge in [0.1, 0.15) is 0 Å². The van der Waals surface area contributed by atoms with Crippen molar-refractivity contribution < 1.29 is 4.79 Å². The molecule has 5 nitrogen and oxygen atoms in total. The van der Waals surface area contributed by atoms with E-state index in [-0.39, 0.29) is 5.91 Å². The Labute approximate surface area is 117 Å². The zero-order valence-electron chi connectivity index (χ0n) is 11.1. The van der Waals surface area contributed by atoms with Crippen LogP contribution in [-0.4, -0.2) is 28.4 Å². The molecule has 0 saturated carbocycles. The first-order valence-corrected chi connectivity index (χ1v) is 7.58. The quantitative estimate of drug-likeness (QED) is 0.578. The number of carbonyl (C=O) groups is 1. The van der Waals surface area contributed by atoms with Crippen LogP contribution in [0.5, 0.6) is 0 Å². The molecule has 0 aliphatic carbocycles. The monoisotopic (exact) mass is 280 g/mol. The van der Waals surface area contributed by atoms with Crippen molar-refractivity contribution in [2.24, 2.45) is 5.84 Å². The van der Waals surface area contributed by atoms with Crippen LogP contribution in [-0.2, 0) is 0 Å². The fraction of sp³-hybridized carbons (Fsp3) is 0.538. The fourth-order valence-electron chi connectivity index (χ4n) is 2.13. The topological polar surface area (TPSA) is 80.0 Å². The van der Waals surface area contributed by atoms with Gasteiger partial charge in [-0.1, -0.05) is 6.42 Å². The summed E-state index contributed by atoms with van der Waals surface area (Å²) in [6.07, 6.45) is 5.29. The van der Waals surface area contributed by atoms with Gasteiger partial charge in [0.2, 0.25) is 0 Å². The molecule has 1 fully saturated rings. The Kier molecular flexibility index (Phi) is 5.04. The van der Waals surface area contributed by atoms with Gasteiger partial charge in [-0.3, -0.25) is 15.6 Å². The number of anilines is 1. The Bertz CT molecular complexity index is 446. The SMILES string of the molecule is Cc1cc(NN)c(C(=O)NCC2CCCCS2)cn1. The van der Waals surface area contributed by atoms with Crippen molar-refractivity contribution in [1.82, 2.24) is 10.3 Å². The number of nitrogens with zero attached hydrogens (tertiary/aromatic N) is 1. The summed E-state index contributed by atoms with van der Waals surface area (Å²) in [4.78, 5) is 16.3. The van der Waals surface area contributed by atoms with E-state index in [1.807, 2.05) is 18.7 Å². The van der Waals surface area contributed by atoms with Gasteiger partial charge in [0.15, 0.2) is 0 Å². The molecule has 0 aromatic carbocycles. The summed E-state index contributed by atoms with van der Waals surface area (Å²) < 4.78 is 0. The lowest BCUT2D eigenvalue weighted by Gasteiger charge is -2.21. The lowest BCUT2D eigenvalue weighted by atomic mass is 10.1. The van der Waals surface area contributed by atoms with Gasteiger partial charge in [-0.05, 0) is 31.6 Å². The number of nitrogen functional groups attached to an aromatic ring is 1. The van der Waals surface area contributed by atoms with E-state index in [0.29, 0.717) is 23.0 Å². The van der Waals surface area contributed by atoms with Crippen molar-refractivity contribution in [1.29, 1.82) is 0 Å². The van der Waals surface area contributed by atoms with Crippen molar-refractivity contribution >= 4 is 23.4 Å². The summed E-state index contributed by atoms with van der Waals surface area (Å²) in [5, 5.41) is 3.50. The first-order valence-electron chi connectivity index (χ1n) is 6.54. The molecule has 6 heteroatoms. The molecule has 0 radical (unpaired) electrons. The number of hydrogen-bond acceptors (Lipinski definition) is 5. The predicted molar refractivity (Wildman–Crippen MR) is 79.2 cm³/mol. The Morgan fingerprint density at radius 2 is 2.42 bits per heavy atom. The minimum atomic E-state index is -0.119.